The smallest absolute Gasteiger partial charge is 0.338 e. The largest absolute Gasteiger partial charge is 0.479 e. The molecule has 0 heterocycles. The van der Waals surface area contributed by atoms with Crippen molar-refractivity contribution in [1.29, 1.82) is 0 Å². The number of hydrogen-bond acceptors (Lipinski definition) is 5. The number of Topliss-reactive ketones (excluding diaryl/α,β-unsaturated/α-hetero) is 1. The first-order chi connectivity index (χ1) is 9.81. The van der Waals surface area contributed by atoms with Crippen LogP contribution in [-0.2, 0) is 14.3 Å². The van der Waals surface area contributed by atoms with Gasteiger partial charge in [-0.15, -0.1) is 11.6 Å². The van der Waals surface area contributed by atoms with E-state index in [2.05, 4.69) is 0 Å². The highest BCUT2D eigenvalue weighted by atomic mass is 35.5. The summed E-state index contributed by atoms with van der Waals surface area (Å²) in [5, 5.41) is 17.4. The number of ketones is 1. The van der Waals surface area contributed by atoms with Gasteiger partial charge in [0, 0.05) is 0 Å². The average molecular weight is 315 g/mol. The fourth-order valence-corrected chi connectivity index (χ4v) is 2.07. The highest BCUT2D eigenvalue weighted by Gasteiger charge is 2.29. The first-order valence-electron chi connectivity index (χ1n) is 6.16. The maximum atomic E-state index is 11.9. The molecule has 0 aliphatic carbocycles. The van der Waals surface area contributed by atoms with E-state index in [9.17, 15) is 19.5 Å². The van der Waals surface area contributed by atoms with E-state index < -0.39 is 29.2 Å². The molecular formula is C14H15ClO6. The van der Waals surface area contributed by atoms with Gasteiger partial charge >= 0.3 is 11.9 Å². The van der Waals surface area contributed by atoms with Gasteiger partial charge in [0.05, 0.1) is 12.2 Å². The lowest BCUT2D eigenvalue weighted by Crippen LogP contribution is -2.19. The van der Waals surface area contributed by atoms with Crippen molar-refractivity contribution in [1.82, 2.24) is 0 Å². The van der Waals surface area contributed by atoms with Crippen LogP contribution in [0.15, 0.2) is 18.2 Å². The van der Waals surface area contributed by atoms with Crippen molar-refractivity contribution in [2.24, 2.45) is 0 Å². The monoisotopic (exact) mass is 314 g/mol. The number of rotatable bonds is 6. The van der Waals surface area contributed by atoms with Crippen LogP contribution in [0.1, 0.15) is 46.8 Å². The van der Waals surface area contributed by atoms with E-state index >= 15 is 0 Å². The Morgan fingerprint density at radius 3 is 2.43 bits per heavy atom. The number of ether oxygens (including phenoxy) is 1. The Balaban J connectivity index is 3.51. The summed E-state index contributed by atoms with van der Waals surface area (Å²) in [6.45, 7) is 2.92. The number of aliphatic hydroxyl groups excluding tert-OH is 1. The number of carboxylic acids is 1. The molecule has 0 spiro atoms. The van der Waals surface area contributed by atoms with Crippen LogP contribution < -0.4 is 0 Å². The summed E-state index contributed by atoms with van der Waals surface area (Å²) in [6.07, 6.45) is -1.89. The number of aliphatic hydroxyl groups is 1. The van der Waals surface area contributed by atoms with Gasteiger partial charge in [-0.3, -0.25) is 4.79 Å². The molecule has 0 aliphatic heterocycles. The highest BCUT2D eigenvalue weighted by molar-refractivity contribution is 6.31. The molecule has 2 atom stereocenters. The maximum Gasteiger partial charge on any atom is 0.338 e. The highest BCUT2D eigenvalue weighted by Crippen LogP contribution is 2.32. The summed E-state index contributed by atoms with van der Waals surface area (Å²) < 4.78 is 4.86. The summed E-state index contributed by atoms with van der Waals surface area (Å²) >= 11 is 5.98. The Morgan fingerprint density at radius 2 is 1.95 bits per heavy atom. The minimum Gasteiger partial charge on any atom is -0.479 e. The first kappa shape index (κ1) is 17.1. The number of hydrogen-bond donors (Lipinski definition) is 2. The van der Waals surface area contributed by atoms with Crippen LogP contribution in [0.25, 0.3) is 0 Å². The third-order valence-corrected chi connectivity index (χ3v) is 3.30. The van der Waals surface area contributed by atoms with Crippen LogP contribution in [0.2, 0.25) is 0 Å². The molecule has 0 saturated heterocycles. The van der Waals surface area contributed by atoms with Crippen molar-refractivity contribution in [3.8, 4) is 0 Å². The van der Waals surface area contributed by atoms with Crippen LogP contribution in [0.5, 0.6) is 0 Å². The van der Waals surface area contributed by atoms with Gasteiger partial charge in [0.1, 0.15) is 5.38 Å². The second-order valence-electron chi connectivity index (χ2n) is 4.24. The molecule has 2 unspecified atom stereocenters. The van der Waals surface area contributed by atoms with Crippen LogP contribution >= 0.6 is 11.6 Å². The fourth-order valence-electron chi connectivity index (χ4n) is 1.83. The molecule has 1 rings (SSSR count). The van der Waals surface area contributed by atoms with Crippen LogP contribution in [0.3, 0.4) is 0 Å². The van der Waals surface area contributed by atoms with Gasteiger partial charge < -0.3 is 14.9 Å². The quantitative estimate of drug-likeness (QED) is 0.614. The zero-order valence-electron chi connectivity index (χ0n) is 11.5. The summed E-state index contributed by atoms with van der Waals surface area (Å²) in [5.41, 5.74) is -0.187. The Morgan fingerprint density at radius 1 is 1.33 bits per heavy atom. The summed E-state index contributed by atoms with van der Waals surface area (Å²) in [6, 6.07) is 4.06. The number of esters is 1. The van der Waals surface area contributed by atoms with Gasteiger partial charge in [-0.1, -0.05) is 12.1 Å². The number of aliphatic carboxylic acids is 1. The minimum atomic E-state index is -1.89. The van der Waals surface area contributed by atoms with E-state index in [1.165, 1.54) is 25.1 Å². The molecule has 114 valence electrons. The van der Waals surface area contributed by atoms with Crippen LogP contribution in [0, 0.1) is 0 Å². The summed E-state index contributed by atoms with van der Waals surface area (Å²) in [4.78, 5) is 34.4. The predicted molar refractivity (Wildman–Crippen MR) is 74.3 cm³/mol. The minimum absolute atomic E-state index is 0.0372. The summed E-state index contributed by atoms with van der Waals surface area (Å²) in [5.74, 6) is -2.73. The van der Waals surface area contributed by atoms with Crippen molar-refractivity contribution < 1.29 is 29.3 Å². The Labute approximate surface area is 126 Å². The Kier molecular flexibility index (Phi) is 5.87. The molecule has 7 heteroatoms. The lowest BCUT2D eigenvalue weighted by molar-refractivity contribution is -0.147. The zero-order valence-corrected chi connectivity index (χ0v) is 12.3. The fraction of sp³-hybridized carbons (Fsp3) is 0.357. The van der Waals surface area contributed by atoms with Crippen LogP contribution in [0.4, 0.5) is 0 Å². The van der Waals surface area contributed by atoms with Gasteiger partial charge in [-0.2, -0.15) is 0 Å². The number of alkyl halides is 1. The molecular weight excluding hydrogens is 300 g/mol. The number of carbonyl (C=O) groups is 3. The first-order valence-corrected chi connectivity index (χ1v) is 6.60. The van der Waals surface area contributed by atoms with Gasteiger partial charge in [-0.05, 0) is 31.0 Å². The standard InChI is InChI=1S/C14H15ClO6/c1-3-21-14(20)9-6-4-5-8(12(17)13(18)19)10(9)11(15)7(2)16/h4-6,11-12,17H,3H2,1-2H3,(H,18,19). The van der Waals surface area contributed by atoms with Crippen molar-refractivity contribution in [2.45, 2.75) is 25.3 Å². The SMILES string of the molecule is CCOC(=O)c1cccc(C(O)C(=O)O)c1C(Cl)C(C)=O. The van der Waals surface area contributed by atoms with Crippen molar-refractivity contribution in [3.05, 3.63) is 34.9 Å². The second kappa shape index (κ2) is 7.19. The van der Waals surface area contributed by atoms with E-state index in [0.717, 1.165) is 0 Å². The predicted octanol–water partition coefficient (Wildman–Crippen LogP) is 1.85. The van der Waals surface area contributed by atoms with Crippen LogP contribution in [-0.4, -0.2) is 34.5 Å². The number of carboxylic acid groups (broad SMARTS) is 1. The third-order valence-electron chi connectivity index (χ3n) is 2.77. The molecule has 2 N–H and O–H groups in total. The third kappa shape index (κ3) is 3.80. The van der Waals surface area contributed by atoms with Gasteiger partial charge in [-0.25, -0.2) is 9.59 Å². The van der Waals surface area contributed by atoms with E-state index in [1.807, 2.05) is 0 Å². The van der Waals surface area contributed by atoms with Crippen molar-refractivity contribution >= 4 is 29.3 Å². The molecule has 0 amide bonds. The van der Waals surface area contributed by atoms with E-state index in [4.69, 9.17) is 21.4 Å². The molecule has 0 aliphatic rings. The molecule has 0 fully saturated rings. The molecule has 0 radical (unpaired) electrons. The van der Waals surface area contributed by atoms with Gasteiger partial charge in [0.25, 0.3) is 0 Å². The lowest BCUT2D eigenvalue weighted by Gasteiger charge is -2.18. The number of carbonyl (C=O) groups excluding carboxylic acids is 2. The number of benzene rings is 1. The normalized spacial score (nSPS) is 13.3. The lowest BCUT2D eigenvalue weighted by atomic mass is 9.93. The van der Waals surface area contributed by atoms with Gasteiger partial charge in [0.15, 0.2) is 11.9 Å². The van der Waals surface area contributed by atoms with E-state index in [1.54, 1.807) is 6.92 Å². The molecule has 6 nitrogen and oxygen atoms in total. The van der Waals surface area contributed by atoms with Crippen molar-refractivity contribution in [2.75, 3.05) is 6.61 Å². The van der Waals surface area contributed by atoms with E-state index in [0.29, 0.717) is 0 Å². The maximum absolute atomic E-state index is 11.9. The Hall–Kier alpha value is -1.92. The Bertz CT molecular complexity index is 569. The second-order valence-corrected chi connectivity index (χ2v) is 4.68. The molecule has 21 heavy (non-hydrogen) atoms. The van der Waals surface area contributed by atoms with Gasteiger partial charge in [0.2, 0.25) is 0 Å². The molecule has 0 aromatic heterocycles. The molecule has 1 aromatic carbocycles. The zero-order chi connectivity index (χ0) is 16.2. The summed E-state index contributed by atoms with van der Waals surface area (Å²) in [7, 11) is 0. The topological polar surface area (TPSA) is 101 Å². The average Bonchev–Trinajstić information content (AvgIpc) is 2.44. The molecule has 0 saturated carbocycles. The number of halogens is 1. The van der Waals surface area contributed by atoms with Crippen molar-refractivity contribution in [3.63, 3.8) is 0 Å². The van der Waals surface area contributed by atoms with E-state index in [-0.39, 0.29) is 23.3 Å². The molecule has 1 aromatic rings. The molecule has 0 bridgehead atoms.